The van der Waals surface area contributed by atoms with E-state index < -0.39 is 5.72 Å². The molecule has 1 atom stereocenters. The van der Waals surface area contributed by atoms with Gasteiger partial charge in [0.25, 0.3) is 0 Å². The predicted octanol–water partition coefficient (Wildman–Crippen LogP) is 4.55. The van der Waals surface area contributed by atoms with Crippen molar-refractivity contribution in [2.45, 2.75) is 31.0 Å². The molecule has 1 fully saturated rings. The molecule has 3 aliphatic heterocycles. The Bertz CT molecular complexity index is 906. The molecule has 6 heteroatoms. The van der Waals surface area contributed by atoms with Crippen LogP contribution < -0.4 is 4.74 Å². The summed E-state index contributed by atoms with van der Waals surface area (Å²) in [4.78, 5) is 2.33. The highest BCUT2D eigenvalue weighted by Gasteiger charge is 2.51. The Labute approximate surface area is 166 Å². The third kappa shape index (κ3) is 2.86. The first-order valence-corrected chi connectivity index (χ1v) is 10.1. The van der Waals surface area contributed by atoms with Crippen molar-refractivity contribution in [2.24, 2.45) is 5.10 Å². The predicted molar refractivity (Wildman–Crippen MR) is 106 cm³/mol. The molecule has 0 saturated carbocycles. The molecule has 0 N–H and O–H groups in total. The number of likely N-dealkylation sites (tertiary alicyclic amines) is 1. The molecule has 4 nitrogen and oxygen atoms in total. The van der Waals surface area contributed by atoms with Gasteiger partial charge in [0, 0.05) is 42.4 Å². The van der Waals surface area contributed by atoms with Crippen molar-refractivity contribution in [3.05, 3.63) is 63.9 Å². The molecule has 3 heterocycles. The van der Waals surface area contributed by atoms with E-state index in [1.54, 1.807) is 0 Å². The van der Waals surface area contributed by atoms with E-state index in [1.165, 1.54) is 12.1 Å². The van der Waals surface area contributed by atoms with Crippen LogP contribution in [0.3, 0.4) is 0 Å². The standard InChI is InChI=1S/C21H21BrFN3O/c1-25-10-8-21(9-11-25)26-19(17-12-15(22)4-7-20(17)27-21)13-18(24-26)14-2-5-16(23)6-3-14/h2-7,12,19H,8-11,13H2,1H3/t19-/m1/s1. The van der Waals surface area contributed by atoms with Gasteiger partial charge >= 0.3 is 0 Å². The number of hydrogen-bond acceptors (Lipinski definition) is 4. The largest absolute Gasteiger partial charge is 0.466 e. The zero-order valence-electron chi connectivity index (χ0n) is 15.2. The van der Waals surface area contributed by atoms with Crippen molar-refractivity contribution in [3.63, 3.8) is 0 Å². The number of rotatable bonds is 1. The van der Waals surface area contributed by atoms with Gasteiger partial charge in [-0.15, -0.1) is 0 Å². The Morgan fingerprint density at radius 1 is 1.15 bits per heavy atom. The number of fused-ring (bicyclic) bond motifs is 4. The van der Waals surface area contributed by atoms with Crippen LogP contribution in [0.4, 0.5) is 4.39 Å². The van der Waals surface area contributed by atoms with E-state index in [1.807, 2.05) is 18.2 Å². The molecule has 2 aromatic carbocycles. The number of nitrogens with zero attached hydrogens (tertiary/aromatic N) is 3. The molecule has 5 rings (SSSR count). The highest BCUT2D eigenvalue weighted by molar-refractivity contribution is 9.10. The van der Waals surface area contributed by atoms with Crippen molar-refractivity contribution in [2.75, 3.05) is 20.1 Å². The summed E-state index contributed by atoms with van der Waals surface area (Å²) in [7, 11) is 2.15. The maximum Gasteiger partial charge on any atom is 0.200 e. The van der Waals surface area contributed by atoms with E-state index in [0.29, 0.717) is 0 Å². The maximum absolute atomic E-state index is 13.4. The zero-order chi connectivity index (χ0) is 18.6. The number of hydrogen-bond donors (Lipinski definition) is 0. The zero-order valence-corrected chi connectivity index (χ0v) is 16.7. The van der Waals surface area contributed by atoms with E-state index >= 15 is 0 Å². The Hall–Kier alpha value is -1.92. The van der Waals surface area contributed by atoms with Gasteiger partial charge in [-0.05, 0) is 42.9 Å². The van der Waals surface area contributed by atoms with Crippen molar-refractivity contribution in [3.8, 4) is 5.75 Å². The molecule has 140 valence electrons. The topological polar surface area (TPSA) is 28.1 Å². The third-order valence-electron chi connectivity index (χ3n) is 5.90. The smallest absolute Gasteiger partial charge is 0.200 e. The summed E-state index contributed by atoms with van der Waals surface area (Å²) in [6.45, 7) is 1.97. The van der Waals surface area contributed by atoms with Crippen LogP contribution in [0.5, 0.6) is 5.75 Å². The second-order valence-electron chi connectivity index (χ2n) is 7.65. The summed E-state index contributed by atoms with van der Waals surface area (Å²) in [6.07, 6.45) is 2.63. The molecular formula is C21H21BrFN3O. The van der Waals surface area contributed by atoms with Crippen molar-refractivity contribution >= 4 is 21.6 Å². The third-order valence-corrected chi connectivity index (χ3v) is 6.40. The molecule has 0 amide bonds. The molecule has 27 heavy (non-hydrogen) atoms. The van der Waals surface area contributed by atoms with E-state index in [0.717, 1.165) is 59.4 Å². The first-order valence-electron chi connectivity index (χ1n) is 9.34. The molecule has 0 radical (unpaired) electrons. The van der Waals surface area contributed by atoms with E-state index in [2.05, 4.69) is 45.0 Å². The number of piperidine rings is 1. The highest BCUT2D eigenvalue weighted by atomic mass is 79.9. The highest BCUT2D eigenvalue weighted by Crippen LogP contribution is 2.50. The van der Waals surface area contributed by atoms with Gasteiger partial charge in [-0.2, -0.15) is 5.10 Å². The molecule has 3 aliphatic rings. The number of hydrazone groups is 1. The van der Waals surface area contributed by atoms with Crippen molar-refractivity contribution < 1.29 is 9.13 Å². The Balaban J connectivity index is 1.58. The second kappa shape index (κ2) is 6.31. The van der Waals surface area contributed by atoms with Gasteiger partial charge < -0.3 is 9.64 Å². The van der Waals surface area contributed by atoms with Crippen LogP contribution >= 0.6 is 15.9 Å². The maximum atomic E-state index is 13.4. The second-order valence-corrected chi connectivity index (χ2v) is 8.57. The molecule has 1 saturated heterocycles. The van der Waals surface area contributed by atoms with Gasteiger partial charge in [0.2, 0.25) is 5.72 Å². The summed E-state index contributed by atoms with van der Waals surface area (Å²) in [6, 6.07) is 13.0. The first-order chi connectivity index (χ1) is 13.0. The van der Waals surface area contributed by atoms with E-state index in [4.69, 9.17) is 9.84 Å². The van der Waals surface area contributed by atoms with Gasteiger partial charge in [0.15, 0.2) is 0 Å². The molecule has 1 spiro atoms. The van der Waals surface area contributed by atoms with Gasteiger partial charge in [-0.1, -0.05) is 28.1 Å². The normalized spacial score (nSPS) is 23.6. The summed E-state index contributed by atoms with van der Waals surface area (Å²) in [5, 5.41) is 7.20. The Kier molecular flexibility index (Phi) is 4.02. The van der Waals surface area contributed by atoms with Crippen LogP contribution in [0.1, 0.15) is 36.4 Å². The van der Waals surface area contributed by atoms with E-state index in [9.17, 15) is 4.39 Å². The molecule has 0 bridgehead atoms. The molecular weight excluding hydrogens is 409 g/mol. The molecule has 2 aromatic rings. The summed E-state index contributed by atoms with van der Waals surface area (Å²) in [5.41, 5.74) is 2.73. The van der Waals surface area contributed by atoms with Crippen LogP contribution in [0.2, 0.25) is 0 Å². The number of halogens is 2. The number of ether oxygens (including phenoxy) is 1. The van der Waals surface area contributed by atoms with Gasteiger partial charge in [0.1, 0.15) is 11.6 Å². The monoisotopic (exact) mass is 429 g/mol. The molecule has 0 aliphatic carbocycles. The van der Waals surface area contributed by atoms with Gasteiger partial charge in [-0.3, -0.25) is 0 Å². The van der Waals surface area contributed by atoms with Crippen LogP contribution in [0.25, 0.3) is 0 Å². The quantitative estimate of drug-likeness (QED) is 0.665. The lowest BCUT2D eigenvalue weighted by Gasteiger charge is -2.50. The summed E-state index contributed by atoms with van der Waals surface area (Å²) < 4.78 is 21.0. The average molecular weight is 430 g/mol. The van der Waals surface area contributed by atoms with Crippen LogP contribution in [-0.4, -0.2) is 41.5 Å². The minimum atomic E-state index is -0.403. The lowest BCUT2D eigenvalue weighted by atomic mass is 9.91. The minimum Gasteiger partial charge on any atom is -0.466 e. The molecule has 0 aromatic heterocycles. The lowest BCUT2D eigenvalue weighted by Crippen LogP contribution is -2.58. The van der Waals surface area contributed by atoms with Crippen molar-refractivity contribution in [1.82, 2.24) is 9.91 Å². The summed E-state index contributed by atoms with van der Waals surface area (Å²) in [5.74, 6) is 0.735. The van der Waals surface area contributed by atoms with Crippen LogP contribution in [-0.2, 0) is 0 Å². The lowest BCUT2D eigenvalue weighted by molar-refractivity contribution is -0.147. The van der Waals surface area contributed by atoms with Gasteiger partial charge in [-0.25, -0.2) is 9.40 Å². The first kappa shape index (κ1) is 17.2. The van der Waals surface area contributed by atoms with Crippen molar-refractivity contribution in [1.29, 1.82) is 0 Å². The SMILES string of the molecule is CN1CCC2(CC1)Oc1ccc(Br)cc1[C@H]1CC(c3ccc(F)cc3)=NN12. The average Bonchev–Trinajstić information content (AvgIpc) is 3.12. The fraction of sp³-hybridized carbons (Fsp3) is 0.381. The van der Waals surface area contributed by atoms with E-state index in [-0.39, 0.29) is 11.9 Å². The fourth-order valence-corrected chi connectivity index (χ4v) is 4.75. The minimum absolute atomic E-state index is 0.148. The van der Waals surface area contributed by atoms with Crippen LogP contribution in [0, 0.1) is 5.82 Å². The number of benzene rings is 2. The molecule has 0 unspecified atom stereocenters. The fourth-order valence-electron chi connectivity index (χ4n) is 4.37. The summed E-state index contributed by atoms with van der Waals surface area (Å²) >= 11 is 3.59. The Morgan fingerprint density at radius 3 is 2.63 bits per heavy atom. The Morgan fingerprint density at radius 2 is 1.89 bits per heavy atom. The van der Waals surface area contributed by atoms with Crippen LogP contribution in [0.15, 0.2) is 52.0 Å². The van der Waals surface area contributed by atoms with Gasteiger partial charge in [0.05, 0.1) is 11.8 Å².